The molecule has 1 heterocycles. The molecule has 0 fully saturated rings. The van der Waals surface area contributed by atoms with E-state index in [0.717, 1.165) is 5.69 Å². The van der Waals surface area contributed by atoms with Gasteiger partial charge in [-0.1, -0.05) is 31.5 Å². The third-order valence-corrected chi connectivity index (χ3v) is 5.06. The smallest absolute Gasteiger partial charge is 0.162 e. The van der Waals surface area contributed by atoms with E-state index in [4.69, 9.17) is 27.2 Å². The number of nitrogens with zero attached hydrogens (tertiary/aromatic N) is 4. The topological polar surface area (TPSA) is 96.3 Å². The highest BCUT2D eigenvalue weighted by Gasteiger charge is 2.19. The fraction of sp³-hybridized carbons (Fsp3) is 0.375. The standard InChI is InChI=1S/C24H32ClN5O2/c1-17(2)19-6-9-21(29-14-19)15-30(16-32-22-10-7-20(25)8-11-22)23(18(3)27-4)24(26)28-12-5-13-31/h6-11,14,17,31H,4-5,12-13,15-16H2,1-3H3,(H2,26,28)/b23-18-. The first-order valence-corrected chi connectivity index (χ1v) is 10.9. The number of aliphatic imine (C=N–C) groups is 2. The fourth-order valence-corrected chi connectivity index (χ4v) is 3.06. The zero-order valence-corrected chi connectivity index (χ0v) is 19.7. The zero-order valence-electron chi connectivity index (χ0n) is 19.0. The van der Waals surface area contributed by atoms with Crippen molar-refractivity contribution < 1.29 is 9.84 Å². The molecule has 0 aliphatic carbocycles. The third-order valence-electron chi connectivity index (χ3n) is 4.80. The summed E-state index contributed by atoms with van der Waals surface area (Å²) >= 11 is 5.98. The number of amidine groups is 1. The second-order valence-corrected chi connectivity index (χ2v) is 8.04. The molecule has 2 rings (SSSR count). The summed E-state index contributed by atoms with van der Waals surface area (Å²) in [6.07, 6.45) is 2.41. The summed E-state index contributed by atoms with van der Waals surface area (Å²) in [6, 6.07) is 11.2. The van der Waals surface area contributed by atoms with Gasteiger partial charge in [0.15, 0.2) is 6.73 Å². The molecular formula is C24H32ClN5O2. The minimum absolute atomic E-state index is 0.0457. The summed E-state index contributed by atoms with van der Waals surface area (Å²) in [5.41, 5.74) is 9.58. The van der Waals surface area contributed by atoms with Gasteiger partial charge >= 0.3 is 0 Å². The lowest BCUT2D eigenvalue weighted by Crippen LogP contribution is -2.35. The van der Waals surface area contributed by atoms with Crippen LogP contribution in [0.25, 0.3) is 0 Å². The highest BCUT2D eigenvalue weighted by molar-refractivity contribution is 6.30. The number of aromatic nitrogens is 1. The Bertz CT molecular complexity index is 924. The number of nitrogens with two attached hydrogens (primary N) is 1. The average Bonchev–Trinajstić information content (AvgIpc) is 2.79. The lowest BCUT2D eigenvalue weighted by atomic mass is 10.1. The number of aliphatic hydroxyl groups is 1. The summed E-state index contributed by atoms with van der Waals surface area (Å²) in [6.45, 7) is 10.8. The van der Waals surface area contributed by atoms with Crippen molar-refractivity contribution in [3.05, 3.63) is 70.3 Å². The van der Waals surface area contributed by atoms with E-state index in [9.17, 15) is 0 Å². The largest absolute Gasteiger partial charge is 0.473 e. The van der Waals surface area contributed by atoms with E-state index >= 15 is 0 Å². The van der Waals surface area contributed by atoms with Gasteiger partial charge < -0.3 is 20.5 Å². The van der Waals surface area contributed by atoms with E-state index in [2.05, 4.69) is 41.6 Å². The lowest BCUT2D eigenvalue weighted by molar-refractivity contribution is 0.157. The fourth-order valence-electron chi connectivity index (χ4n) is 2.94. The Balaban J connectivity index is 2.35. The summed E-state index contributed by atoms with van der Waals surface area (Å²) in [5, 5.41) is 9.70. The minimum atomic E-state index is 0.0457. The molecule has 0 spiro atoms. The van der Waals surface area contributed by atoms with Crippen LogP contribution in [0.3, 0.4) is 0 Å². The van der Waals surface area contributed by atoms with Crippen LogP contribution in [0.2, 0.25) is 5.02 Å². The van der Waals surface area contributed by atoms with Crippen LogP contribution in [0, 0.1) is 0 Å². The van der Waals surface area contributed by atoms with Gasteiger partial charge in [-0.3, -0.25) is 15.0 Å². The van der Waals surface area contributed by atoms with Gasteiger partial charge in [0.25, 0.3) is 0 Å². The van der Waals surface area contributed by atoms with E-state index in [0.29, 0.717) is 53.4 Å². The molecule has 2 aromatic rings. The Kier molecular flexibility index (Phi) is 10.2. The third kappa shape index (κ3) is 7.66. The van der Waals surface area contributed by atoms with Gasteiger partial charge in [-0.05, 0) is 61.9 Å². The maximum absolute atomic E-state index is 9.07. The van der Waals surface area contributed by atoms with E-state index in [1.807, 2.05) is 24.1 Å². The quantitative estimate of drug-likeness (QED) is 0.213. The van der Waals surface area contributed by atoms with Gasteiger partial charge in [0.05, 0.1) is 17.9 Å². The number of aliphatic hydroxyl groups excluding tert-OH is 1. The van der Waals surface area contributed by atoms with Crippen LogP contribution in [0.1, 0.15) is 44.4 Å². The maximum Gasteiger partial charge on any atom is 0.162 e. The highest BCUT2D eigenvalue weighted by atomic mass is 35.5. The van der Waals surface area contributed by atoms with Crippen molar-refractivity contribution in [2.45, 2.75) is 39.7 Å². The molecule has 0 radical (unpaired) electrons. The number of rotatable bonds is 12. The van der Waals surface area contributed by atoms with Crippen LogP contribution in [-0.4, -0.2) is 47.4 Å². The number of pyridine rings is 1. The van der Waals surface area contributed by atoms with Gasteiger partial charge in [0.1, 0.15) is 17.3 Å². The Labute approximate surface area is 195 Å². The zero-order chi connectivity index (χ0) is 23.5. The van der Waals surface area contributed by atoms with E-state index in [-0.39, 0.29) is 13.3 Å². The Morgan fingerprint density at radius 2 is 1.97 bits per heavy atom. The number of allylic oxidation sites excluding steroid dienone is 1. The van der Waals surface area contributed by atoms with Crippen molar-refractivity contribution in [3.8, 4) is 5.75 Å². The van der Waals surface area contributed by atoms with E-state index < -0.39 is 0 Å². The minimum Gasteiger partial charge on any atom is -0.473 e. The molecule has 3 N–H and O–H groups in total. The van der Waals surface area contributed by atoms with Crippen LogP contribution in [0.5, 0.6) is 5.75 Å². The van der Waals surface area contributed by atoms with Crippen molar-refractivity contribution in [1.29, 1.82) is 0 Å². The monoisotopic (exact) mass is 457 g/mol. The summed E-state index contributed by atoms with van der Waals surface area (Å²) in [5.74, 6) is 1.38. The first-order chi connectivity index (χ1) is 15.3. The Morgan fingerprint density at radius 1 is 1.25 bits per heavy atom. The molecule has 0 unspecified atom stereocenters. The summed E-state index contributed by atoms with van der Waals surface area (Å²) in [4.78, 5) is 15.0. The number of halogens is 1. The second-order valence-electron chi connectivity index (χ2n) is 7.60. The maximum atomic E-state index is 9.07. The average molecular weight is 458 g/mol. The van der Waals surface area contributed by atoms with E-state index in [1.54, 1.807) is 24.3 Å². The Morgan fingerprint density at radius 3 is 2.53 bits per heavy atom. The lowest BCUT2D eigenvalue weighted by Gasteiger charge is -2.28. The van der Waals surface area contributed by atoms with Crippen molar-refractivity contribution in [1.82, 2.24) is 9.88 Å². The van der Waals surface area contributed by atoms with Gasteiger partial charge in [-0.15, -0.1) is 0 Å². The predicted molar refractivity (Wildman–Crippen MR) is 131 cm³/mol. The first-order valence-electron chi connectivity index (χ1n) is 10.5. The highest BCUT2D eigenvalue weighted by Crippen LogP contribution is 2.20. The van der Waals surface area contributed by atoms with Crippen LogP contribution in [0.4, 0.5) is 0 Å². The second kappa shape index (κ2) is 12.8. The van der Waals surface area contributed by atoms with Crippen LogP contribution < -0.4 is 10.5 Å². The van der Waals surface area contributed by atoms with E-state index in [1.165, 1.54) is 5.56 Å². The SMILES string of the molecule is C=N/C(C)=C(/C(N)=NCCCO)N(COc1ccc(Cl)cc1)Cc1ccc(C(C)C)cn1. The molecule has 172 valence electrons. The van der Waals surface area contributed by atoms with Crippen molar-refractivity contribution in [3.63, 3.8) is 0 Å². The number of hydrogen-bond acceptors (Lipinski definition) is 6. The number of hydrogen-bond donors (Lipinski definition) is 2. The van der Waals surface area contributed by atoms with Crippen molar-refractivity contribution in [2.24, 2.45) is 15.7 Å². The molecule has 0 saturated carbocycles. The molecule has 7 nitrogen and oxygen atoms in total. The van der Waals surface area contributed by atoms with Crippen molar-refractivity contribution in [2.75, 3.05) is 19.9 Å². The van der Waals surface area contributed by atoms with Crippen LogP contribution in [0.15, 0.2) is 64.0 Å². The van der Waals surface area contributed by atoms with Gasteiger partial charge in [-0.25, -0.2) is 0 Å². The Hall–Kier alpha value is -2.90. The van der Waals surface area contributed by atoms with Crippen LogP contribution in [-0.2, 0) is 6.54 Å². The summed E-state index contributed by atoms with van der Waals surface area (Å²) < 4.78 is 6.00. The van der Waals surface area contributed by atoms with Gasteiger partial charge in [0.2, 0.25) is 0 Å². The molecule has 32 heavy (non-hydrogen) atoms. The van der Waals surface area contributed by atoms with Crippen molar-refractivity contribution >= 4 is 24.2 Å². The molecule has 0 aliphatic rings. The number of ether oxygens (including phenoxy) is 1. The molecule has 0 amide bonds. The molecule has 0 aliphatic heterocycles. The van der Waals surface area contributed by atoms with Gasteiger partial charge in [-0.2, -0.15) is 0 Å². The number of benzene rings is 1. The molecule has 0 bridgehead atoms. The molecular weight excluding hydrogens is 426 g/mol. The normalized spacial score (nSPS) is 12.5. The molecule has 8 heteroatoms. The summed E-state index contributed by atoms with van der Waals surface area (Å²) in [7, 11) is 0. The first kappa shape index (κ1) is 25.4. The van der Waals surface area contributed by atoms with Gasteiger partial charge in [0, 0.05) is 24.4 Å². The molecule has 1 aromatic heterocycles. The van der Waals surface area contributed by atoms with Crippen LogP contribution >= 0.6 is 11.6 Å². The molecule has 0 saturated heterocycles. The predicted octanol–water partition coefficient (Wildman–Crippen LogP) is 4.37. The molecule has 1 aromatic carbocycles. The molecule has 0 atom stereocenters.